The van der Waals surface area contributed by atoms with Crippen molar-refractivity contribution in [3.8, 4) is 0 Å². The van der Waals surface area contributed by atoms with E-state index in [1.165, 1.54) is 4.57 Å². The molecule has 3 heterocycles. The first-order chi connectivity index (χ1) is 13.9. The molecule has 0 saturated carbocycles. The molecular formula is C20H33N5O4. The summed E-state index contributed by atoms with van der Waals surface area (Å²) in [7, 11) is 0. The van der Waals surface area contributed by atoms with E-state index in [9.17, 15) is 14.4 Å². The number of nitrogens with two attached hydrogens (primary N) is 1. The Labute approximate surface area is 171 Å². The third kappa shape index (κ3) is 4.66. The normalized spacial score (nSPS) is 18.3. The van der Waals surface area contributed by atoms with Crippen LogP contribution in [-0.4, -0.2) is 59.3 Å². The van der Waals surface area contributed by atoms with Gasteiger partial charge < -0.3 is 20.3 Å². The number of hydrogen-bond donors (Lipinski definition) is 1. The molecule has 2 N–H and O–H groups in total. The highest BCUT2D eigenvalue weighted by Crippen LogP contribution is 2.19. The Hall–Kier alpha value is -2.29. The molecule has 0 aliphatic carbocycles. The Morgan fingerprint density at radius 1 is 1.10 bits per heavy atom. The molecule has 0 atom stereocenters. The quantitative estimate of drug-likeness (QED) is 0.736. The molecule has 1 amide bonds. The van der Waals surface area contributed by atoms with Crippen molar-refractivity contribution in [2.24, 2.45) is 5.92 Å². The summed E-state index contributed by atoms with van der Waals surface area (Å²) in [5.41, 5.74) is 5.61. The predicted octanol–water partition coefficient (Wildman–Crippen LogP) is 0.487. The lowest BCUT2D eigenvalue weighted by atomic mass is 9.99. The van der Waals surface area contributed by atoms with Gasteiger partial charge in [-0.1, -0.05) is 20.3 Å². The molecule has 9 heteroatoms. The van der Waals surface area contributed by atoms with Crippen LogP contribution in [0, 0.1) is 5.92 Å². The zero-order chi connectivity index (χ0) is 21.0. The zero-order valence-electron chi connectivity index (χ0n) is 17.6. The number of nitrogen functional groups attached to an aromatic ring is 1. The largest absolute Gasteiger partial charge is 0.383 e. The minimum Gasteiger partial charge on any atom is -0.383 e. The van der Waals surface area contributed by atoms with Crippen LogP contribution in [0.1, 0.15) is 39.5 Å². The second-order valence-corrected chi connectivity index (χ2v) is 8.08. The van der Waals surface area contributed by atoms with Gasteiger partial charge in [0, 0.05) is 32.7 Å². The van der Waals surface area contributed by atoms with Crippen molar-refractivity contribution in [1.29, 1.82) is 0 Å². The Kier molecular flexibility index (Phi) is 7.00. The fourth-order valence-corrected chi connectivity index (χ4v) is 3.95. The van der Waals surface area contributed by atoms with E-state index in [4.69, 9.17) is 10.5 Å². The summed E-state index contributed by atoms with van der Waals surface area (Å²) >= 11 is 0. The molecule has 0 spiro atoms. The van der Waals surface area contributed by atoms with Crippen LogP contribution in [0.3, 0.4) is 0 Å². The second-order valence-electron chi connectivity index (χ2n) is 8.08. The van der Waals surface area contributed by atoms with E-state index >= 15 is 0 Å². The molecule has 162 valence electrons. The molecular weight excluding hydrogens is 374 g/mol. The van der Waals surface area contributed by atoms with Crippen LogP contribution in [0.25, 0.3) is 0 Å². The molecule has 0 aromatic carbocycles. The monoisotopic (exact) mass is 407 g/mol. The summed E-state index contributed by atoms with van der Waals surface area (Å²) in [6.07, 6.45) is 3.55. The predicted molar refractivity (Wildman–Crippen MR) is 112 cm³/mol. The van der Waals surface area contributed by atoms with Crippen LogP contribution in [-0.2, 0) is 22.6 Å². The van der Waals surface area contributed by atoms with Gasteiger partial charge in [0.1, 0.15) is 18.1 Å². The first kappa shape index (κ1) is 21.4. The number of ether oxygens (including phenoxy) is 1. The lowest BCUT2D eigenvalue weighted by Crippen LogP contribution is -2.50. The number of likely N-dealkylation sites (tertiary alicyclic amines) is 1. The van der Waals surface area contributed by atoms with Gasteiger partial charge >= 0.3 is 5.69 Å². The summed E-state index contributed by atoms with van der Waals surface area (Å²) in [4.78, 5) is 42.7. The van der Waals surface area contributed by atoms with Gasteiger partial charge in [0.05, 0.1) is 13.2 Å². The summed E-state index contributed by atoms with van der Waals surface area (Å²) in [6.45, 7) is 7.79. The van der Waals surface area contributed by atoms with Crippen LogP contribution in [0.5, 0.6) is 0 Å². The average Bonchev–Trinajstić information content (AvgIpc) is 2.72. The van der Waals surface area contributed by atoms with E-state index in [0.717, 1.165) is 30.3 Å². The maximum atomic E-state index is 13.2. The van der Waals surface area contributed by atoms with Crippen LogP contribution < -0.4 is 21.9 Å². The minimum absolute atomic E-state index is 0.184. The third-order valence-electron chi connectivity index (χ3n) is 5.94. The van der Waals surface area contributed by atoms with Crippen molar-refractivity contribution in [3.63, 3.8) is 0 Å². The highest BCUT2D eigenvalue weighted by Gasteiger charge is 2.26. The van der Waals surface area contributed by atoms with Gasteiger partial charge in [0.2, 0.25) is 5.91 Å². The molecule has 9 nitrogen and oxygen atoms in total. The number of unbranched alkanes of at least 4 members (excludes halogenated alkanes) is 1. The lowest BCUT2D eigenvalue weighted by molar-refractivity contribution is -0.133. The Bertz CT molecular complexity index is 832. The molecule has 3 rings (SSSR count). The summed E-state index contributed by atoms with van der Waals surface area (Å²) in [5.74, 6) is 0.596. The molecule has 2 saturated heterocycles. The number of carbonyl (C=O) groups is 1. The smallest absolute Gasteiger partial charge is 0.333 e. The molecule has 0 radical (unpaired) electrons. The topological polar surface area (TPSA) is 103 Å². The molecule has 0 bridgehead atoms. The Morgan fingerprint density at radius 3 is 2.38 bits per heavy atom. The molecule has 2 aliphatic rings. The van der Waals surface area contributed by atoms with Gasteiger partial charge in [0.25, 0.3) is 5.56 Å². The van der Waals surface area contributed by atoms with Gasteiger partial charge in [-0.3, -0.25) is 14.2 Å². The van der Waals surface area contributed by atoms with Crippen molar-refractivity contribution in [2.45, 2.75) is 52.6 Å². The van der Waals surface area contributed by atoms with Crippen molar-refractivity contribution < 1.29 is 9.53 Å². The van der Waals surface area contributed by atoms with E-state index in [1.807, 2.05) is 11.8 Å². The first-order valence-electron chi connectivity index (χ1n) is 10.7. The number of piperidine rings is 1. The summed E-state index contributed by atoms with van der Waals surface area (Å²) in [5, 5.41) is 0. The number of anilines is 2. The number of nitrogens with zero attached hydrogens (tertiary/aromatic N) is 4. The van der Waals surface area contributed by atoms with Gasteiger partial charge in [-0.15, -0.1) is 0 Å². The van der Waals surface area contributed by atoms with E-state index < -0.39 is 11.2 Å². The van der Waals surface area contributed by atoms with E-state index in [1.54, 1.807) is 4.90 Å². The van der Waals surface area contributed by atoms with Gasteiger partial charge in [-0.2, -0.15) is 0 Å². The molecule has 2 aliphatic heterocycles. The number of hydrogen-bond acceptors (Lipinski definition) is 6. The zero-order valence-corrected chi connectivity index (χ0v) is 17.6. The first-order valence-corrected chi connectivity index (χ1v) is 10.7. The van der Waals surface area contributed by atoms with Crippen LogP contribution in [0.15, 0.2) is 9.59 Å². The fraction of sp³-hybridized carbons (Fsp3) is 0.750. The second kappa shape index (κ2) is 9.47. The molecule has 0 unspecified atom stereocenters. The Morgan fingerprint density at radius 2 is 1.76 bits per heavy atom. The SMILES string of the molecule is CCCCn1c(N)c(N2CCOCC2)c(=O)n(CC(=O)N2CCC(C)CC2)c1=O. The molecule has 1 aromatic heterocycles. The highest BCUT2D eigenvalue weighted by molar-refractivity contribution is 5.76. The number of carbonyl (C=O) groups excluding carboxylic acids is 1. The molecule has 29 heavy (non-hydrogen) atoms. The standard InChI is InChI=1S/C20H33N5O4/c1-3-4-7-24-18(21)17(23-10-12-29-13-11-23)19(27)25(20(24)28)14-16(26)22-8-5-15(2)6-9-22/h15H,3-14,21H2,1-2H3. The Balaban J connectivity index is 1.97. The van der Waals surface area contributed by atoms with Gasteiger partial charge in [0.15, 0.2) is 0 Å². The number of amides is 1. The summed E-state index contributed by atoms with van der Waals surface area (Å²) < 4.78 is 7.89. The van der Waals surface area contributed by atoms with Crippen molar-refractivity contribution >= 4 is 17.4 Å². The van der Waals surface area contributed by atoms with Crippen molar-refractivity contribution in [1.82, 2.24) is 14.0 Å². The van der Waals surface area contributed by atoms with E-state index in [0.29, 0.717) is 57.5 Å². The highest BCUT2D eigenvalue weighted by atomic mass is 16.5. The fourth-order valence-electron chi connectivity index (χ4n) is 3.95. The van der Waals surface area contributed by atoms with Crippen molar-refractivity contribution in [2.75, 3.05) is 50.0 Å². The minimum atomic E-state index is -0.503. The maximum absolute atomic E-state index is 13.2. The van der Waals surface area contributed by atoms with E-state index in [-0.39, 0.29) is 18.3 Å². The maximum Gasteiger partial charge on any atom is 0.333 e. The molecule has 2 fully saturated rings. The third-order valence-corrected chi connectivity index (χ3v) is 5.94. The van der Waals surface area contributed by atoms with Crippen LogP contribution in [0.2, 0.25) is 0 Å². The number of aromatic nitrogens is 2. The molecule has 1 aromatic rings. The number of morpholine rings is 1. The number of rotatable bonds is 6. The van der Waals surface area contributed by atoms with Gasteiger partial charge in [-0.25, -0.2) is 9.36 Å². The average molecular weight is 408 g/mol. The van der Waals surface area contributed by atoms with E-state index in [2.05, 4.69) is 6.92 Å². The van der Waals surface area contributed by atoms with Crippen molar-refractivity contribution in [3.05, 3.63) is 20.8 Å². The van der Waals surface area contributed by atoms with Crippen LogP contribution >= 0.6 is 0 Å². The van der Waals surface area contributed by atoms with Crippen LogP contribution in [0.4, 0.5) is 11.5 Å². The van der Waals surface area contributed by atoms with Gasteiger partial charge in [-0.05, 0) is 25.2 Å². The summed E-state index contributed by atoms with van der Waals surface area (Å²) in [6, 6.07) is 0. The lowest BCUT2D eigenvalue weighted by Gasteiger charge is -2.32.